The van der Waals surface area contributed by atoms with Crippen molar-refractivity contribution in [1.29, 1.82) is 0 Å². The molecular weight excluding hydrogens is 168 g/mol. The molecule has 5 nitrogen and oxygen atoms in total. The van der Waals surface area contributed by atoms with E-state index in [1.807, 2.05) is 11.5 Å². The lowest BCUT2D eigenvalue weighted by Gasteiger charge is -2.11. The van der Waals surface area contributed by atoms with Gasteiger partial charge in [0.1, 0.15) is 0 Å². The predicted octanol–water partition coefficient (Wildman–Crippen LogP) is -0.222. The van der Waals surface area contributed by atoms with E-state index < -0.39 is 5.91 Å². The van der Waals surface area contributed by atoms with Gasteiger partial charge in [-0.25, -0.2) is 4.98 Å². The molecular formula is C8H14N4O. The van der Waals surface area contributed by atoms with E-state index in [1.54, 1.807) is 12.5 Å². The number of amides is 1. The zero-order valence-electron chi connectivity index (χ0n) is 7.60. The van der Waals surface area contributed by atoms with Gasteiger partial charge in [-0.1, -0.05) is 0 Å². The van der Waals surface area contributed by atoms with Crippen LogP contribution in [-0.4, -0.2) is 15.5 Å². The van der Waals surface area contributed by atoms with Crippen molar-refractivity contribution in [2.45, 2.75) is 25.9 Å². The van der Waals surface area contributed by atoms with Crippen molar-refractivity contribution < 1.29 is 4.79 Å². The maximum atomic E-state index is 10.6. The second-order valence-electron chi connectivity index (χ2n) is 2.88. The van der Waals surface area contributed by atoms with Crippen LogP contribution in [0.15, 0.2) is 12.5 Å². The molecule has 0 aliphatic heterocycles. The topological polar surface area (TPSA) is 86.9 Å². The molecule has 0 saturated carbocycles. The van der Waals surface area contributed by atoms with Gasteiger partial charge in [-0.15, -0.1) is 0 Å². The van der Waals surface area contributed by atoms with Crippen LogP contribution in [0.5, 0.6) is 0 Å². The molecule has 0 aromatic carbocycles. The standard InChI is InChI=1S/C8H14N4O/c1-2-12-5-11-4-7(12)6(9)3-8(10)13/h4-6H,2-3,9H2,1H3,(H2,10,13). The highest BCUT2D eigenvalue weighted by molar-refractivity contribution is 5.74. The molecule has 0 saturated heterocycles. The van der Waals surface area contributed by atoms with Gasteiger partial charge in [-0.3, -0.25) is 4.79 Å². The number of carbonyl (C=O) groups excluding carboxylic acids is 1. The van der Waals surface area contributed by atoms with E-state index in [0.717, 1.165) is 12.2 Å². The number of nitrogens with zero attached hydrogens (tertiary/aromatic N) is 2. The molecule has 0 fully saturated rings. The van der Waals surface area contributed by atoms with Crippen LogP contribution in [0, 0.1) is 0 Å². The summed E-state index contributed by atoms with van der Waals surface area (Å²) in [4.78, 5) is 14.6. The fourth-order valence-corrected chi connectivity index (χ4v) is 1.23. The molecule has 72 valence electrons. The molecule has 0 bridgehead atoms. The molecule has 0 aliphatic carbocycles. The molecule has 1 aromatic heterocycles. The molecule has 1 unspecified atom stereocenters. The Morgan fingerprint density at radius 3 is 3.00 bits per heavy atom. The normalized spacial score (nSPS) is 12.8. The number of rotatable bonds is 4. The van der Waals surface area contributed by atoms with E-state index in [1.165, 1.54) is 0 Å². The van der Waals surface area contributed by atoms with Crippen molar-refractivity contribution in [3.63, 3.8) is 0 Å². The highest BCUT2D eigenvalue weighted by Crippen LogP contribution is 2.12. The number of aromatic nitrogens is 2. The van der Waals surface area contributed by atoms with Gasteiger partial charge in [0, 0.05) is 19.2 Å². The van der Waals surface area contributed by atoms with Gasteiger partial charge in [0.25, 0.3) is 0 Å². The molecule has 0 spiro atoms. The highest BCUT2D eigenvalue weighted by Gasteiger charge is 2.12. The number of imidazole rings is 1. The lowest BCUT2D eigenvalue weighted by molar-refractivity contribution is -0.118. The van der Waals surface area contributed by atoms with E-state index in [9.17, 15) is 4.79 Å². The molecule has 1 amide bonds. The second kappa shape index (κ2) is 4.04. The Kier molecular flexibility index (Phi) is 3.02. The van der Waals surface area contributed by atoms with Gasteiger partial charge in [-0.2, -0.15) is 0 Å². The van der Waals surface area contributed by atoms with Crippen LogP contribution in [0.2, 0.25) is 0 Å². The maximum Gasteiger partial charge on any atom is 0.219 e. The SMILES string of the molecule is CCn1cncc1C(N)CC(N)=O. The molecule has 13 heavy (non-hydrogen) atoms. The Labute approximate surface area is 76.7 Å². The first-order chi connectivity index (χ1) is 6.15. The van der Waals surface area contributed by atoms with Crippen molar-refractivity contribution in [3.05, 3.63) is 18.2 Å². The quantitative estimate of drug-likeness (QED) is 0.674. The van der Waals surface area contributed by atoms with Gasteiger partial charge in [-0.05, 0) is 6.92 Å². The predicted molar refractivity (Wildman–Crippen MR) is 48.6 cm³/mol. The van der Waals surface area contributed by atoms with Gasteiger partial charge >= 0.3 is 0 Å². The minimum Gasteiger partial charge on any atom is -0.370 e. The smallest absolute Gasteiger partial charge is 0.219 e. The van der Waals surface area contributed by atoms with Crippen molar-refractivity contribution in [2.75, 3.05) is 0 Å². The molecule has 0 radical (unpaired) electrons. The van der Waals surface area contributed by atoms with E-state index >= 15 is 0 Å². The average Bonchev–Trinajstić information content (AvgIpc) is 2.49. The van der Waals surface area contributed by atoms with Crippen LogP contribution in [0.1, 0.15) is 25.1 Å². The van der Waals surface area contributed by atoms with Crippen molar-refractivity contribution >= 4 is 5.91 Å². The first-order valence-corrected chi connectivity index (χ1v) is 4.19. The Morgan fingerprint density at radius 1 is 1.77 bits per heavy atom. The molecule has 1 atom stereocenters. The van der Waals surface area contributed by atoms with Crippen LogP contribution >= 0.6 is 0 Å². The summed E-state index contributed by atoms with van der Waals surface area (Å²) < 4.78 is 1.90. The number of nitrogens with two attached hydrogens (primary N) is 2. The largest absolute Gasteiger partial charge is 0.370 e. The zero-order chi connectivity index (χ0) is 9.84. The van der Waals surface area contributed by atoms with E-state index in [-0.39, 0.29) is 12.5 Å². The summed E-state index contributed by atoms with van der Waals surface area (Å²) in [5.74, 6) is -0.392. The summed E-state index contributed by atoms with van der Waals surface area (Å²) in [5.41, 5.74) is 11.6. The first-order valence-electron chi connectivity index (χ1n) is 4.19. The zero-order valence-corrected chi connectivity index (χ0v) is 7.60. The third-order valence-electron chi connectivity index (χ3n) is 1.89. The Morgan fingerprint density at radius 2 is 2.46 bits per heavy atom. The Bertz CT molecular complexity index is 294. The van der Waals surface area contributed by atoms with Crippen molar-refractivity contribution in [2.24, 2.45) is 11.5 Å². The molecule has 0 aliphatic rings. The van der Waals surface area contributed by atoms with Crippen LogP contribution in [0.3, 0.4) is 0 Å². The molecule has 4 N–H and O–H groups in total. The third kappa shape index (κ3) is 2.29. The van der Waals surface area contributed by atoms with E-state index in [4.69, 9.17) is 11.5 Å². The maximum absolute atomic E-state index is 10.6. The van der Waals surface area contributed by atoms with Crippen LogP contribution in [-0.2, 0) is 11.3 Å². The van der Waals surface area contributed by atoms with E-state index in [2.05, 4.69) is 4.98 Å². The molecule has 1 heterocycles. The number of primary amides is 1. The van der Waals surface area contributed by atoms with Crippen LogP contribution < -0.4 is 11.5 Å². The summed E-state index contributed by atoms with van der Waals surface area (Å²) in [6.45, 7) is 2.78. The van der Waals surface area contributed by atoms with Crippen LogP contribution in [0.25, 0.3) is 0 Å². The summed E-state index contributed by atoms with van der Waals surface area (Å²) in [7, 11) is 0. The number of hydrogen-bond donors (Lipinski definition) is 2. The fraction of sp³-hybridized carbons (Fsp3) is 0.500. The molecule has 1 aromatic rings. The minimum atomic E-state index is -0.392. The Balaban J connectivity index is 2.75. The fourth-order valence-electron chi connectivity index (χ4n) is 1.23. The molecule has 1 rings (SSSR count). The number of hydrogen-bond acceptors (Lipinski definition) is 3. The summed E-state index contributed by atoms with van der Waals surface area (Å²) in [5, 5.41) is 0. The summed E-state index contributed by atoms with van der Waals surface area (Å²) in [6.07, 6.45) is 3.51. The number of aryl methyl sites for hydroxylation is 1. The van der Waals surface area contributed by atoms with Gasteiger partial charge in [0.2, 0.25) is 5.91 Å². The number of carbonyl (C=O) groups is 1. The third-order valence-corrected chi connectivity index (χ3v) is 1.89. The Hall–Kier alpha value is -1.36. The minimum absolute atomic E-state index is 0.158. The van der Waals surface area contributed by atoms with Crippen molar-refractivity contribution in [3.8, 4) is 0 Å². The average molecular weight is 182 g/mol. The lowest BCUT2D eigenvalue weighted by Crippen LogP contribution is -2.22. The summed E-state index contributed by atoms with van der Waals surface area (Å²) >= 11 is 0. The highest BCUT2D eigenvalue weighted by atomic mass is 16.1. The van der Waals surface area contributed by atoms with Gasteiger partial charge in [0.15, 0.2) is 0 Å². The van der Waals surface area contributed by atoms with Gasteiger partial charge < -0.3 is 16.0 Å². The van der Waals surface area contributed by atoms with Crippen LogP contribution in [0.4, 0.5) is 0 Å². The van der Waals surface area contributed by atoms with Gasteiger partial charge in [0.05, 0.1) is 18.1 Å². The summed E-state index contributed by atoms with van der Waals surface area (Å²) in [6, 6.07) is -0.347. The lowest BCUT2D eigenvalue weighted by atomic mass is 10.1. The first kappa shape index (κ1) is 9.73. The van der Waals surface area contributed by atoms with E-state index in [0.29, 0.717) is 0 Å². The van der Waals surface area contributed by atoms with Crippen molar-refractivity contribution in [1.82, 2.24) is 9.55 Å². The molecule has 5 heteroatoms. The second-order valence-corrected chi connectivity index (χ2v) is 2.88. The monoisotopic (exact) mass is 182 g/mol.